The summed E-state index contributed by atoms with van der Waals surface area (Å²) in [6, 6.07) is 6.18. The molecule has 5 heteroatoms. The van der Waals surface area contributed by atoms with E-state index in [1.807, 2.05) is 38.2 Å². The smallest absolute Gasteiger partial charge is 0.226 e. The number of hydrogen-bond acceptors (Lipinski definition) is 4. The summed E-state index contributed by atoms with van der Waals surface area (Å²) in [7, 11) is 0. The third-order valence-corrected chi connectivity index (χ3v) is 4.27. The predicted molar refractivity (Wildman–Crippen MR) is 88.4 cm³/mol. The number of nitrogens with one attached hydrogen (secondary N) is 1. The van der Waals surface area contributed by atoms with Crippen molar-refractivity contribution in [3.63, 3.8) is 0 Å². The standard InChI is InChI=1S/C16H25N3O.CHN/c1-4-16(15(20)18-13(2)3)8-11-19(12-9-16)14-7-5-6-10-17-14;1-2/h5-7,10,13H,4,8-9,11-12H2,1-3H3,(H,18,20);1H. The lowest BCUT2D eigenvalue weighted by molar-refractivity contribution is -0.133. The Kier molecular flexibility index (Phi) is 6.84. The van der Waals surface area contributed by atoms with Gasteiger partial charge in [0.25, 0.3) is 0 Å². The van der Waals surface area contributed by atoms with Crippen molar-refractivity contribution < 1.29 is 4.79 Å². The summed E-state index contributed by atoms with van der Waals surface area (Å²) in [5.74, 6) is 1.23. The summed E-state index contributed by atoms with van der Waals surface area (Å²) in [4.78, 5) is 19.1. The molecule has 22 heavy (non-hydrogen) atoms. The van der Waals surface area contributed by atoms with Crippen LogP contribution in [0.4, 0.5) is 5.82 Å². The fourth-order valence-corrected chi connectivity index (χ4v) is 2.86. The monoisotopic (exact) mass is 302 g/mol. The molecular weight excluding hydrogens is 276 g/mol. The van der Waals surface area contributed by atoms with Gasteiger partial charge >= 0.3 is 0 Å². The average molecular weight is 302 g/mol. The second-order valence-electron chi connectivity index (χ2n) is 5.94. The lowest BCUT2D eigenvalue weighted by Crippen LogP contribution is -2.50. The van der Waals surface area contributed by atoms with Gasteiger partial charge in [-0.2, -0.15) is 0 Å². The van der Waals surface area contributed by atoms with Crippen LogP contribution in [0.15, 0.2) is 24.4 Å². The summed E-state index contributed by atoms with van der Waals surface area (Å²) in [5, 5.41) is 9.59. The maximum Gasteiger partial charge on any atom is 0.226 e. The quantitative estimate of drug-likeness (QED) is 0.928. The van der Waals surface area contributed by atoms with E-state index in [2.05, 4.69) is 28.7 Å². The molecular formula is C17H26N4O. The lowest BCUT2D eigenvalue weighted by Gasteiger charge is -2.41. The van der Waals surface area contributed by atoms with Crippen molar-refractivity contribution >= 4 is 11.7 Å². The molecule has 2 heterocycles. The molecule has 5 nitrogen and oxygen atoms in total. The van der Waals surface area contributed by atoms with E-state index in [4.69, 9.17) is 5.26 Å². The van der Waals surface area contributed by atoms with E-state index >= 15 is 0 Å². The molecule has 1 aromatic rings. The second kappa shape index (κ2) is 8.38. The number of hydrogen-bond donors (Lipinski definition) is 1. The van der Waals surface area contributed by atoms with Crippen LogP contribution in [0, 0.1) is 17.2 Å². The molecule has 1 amide bonds. The van der Waals surface area contributed by atoms with E-state index in [9.17, 15) is 4.79 Å². The Morgan fingerprint density at radius 1 is 1.41 bits per heavy atom. The first-order chi connectivity index (χ1) is 10.6. The SMILES string of the molecule is C#N.CCC1(C(=O)NC(C)C)CCN(c2ccccn2)CC1. The number of amides is 1. The third-order valence-electron chi connectivity index (χ3n) is 4.27. The van der Waals surface area contributed by atoms with Crippen LogP contribution in [-0.2, 0) is 4.79 Å². The molecule has 0 atom stereocenters. The van der Waals surface area contributed by atoms with E-state index < -0.39 is 0 Å². The summed E-state index contributed by atoms with van der Waals surface area (Å²) in [6.45, 7) is 11.5. The van der Waals surface area contributed by atoms with Crippen molar-refractivity contribution in [3.05, 3.63) is 24.4 Å². The van der Waals surface area contributed by atoms with E-state index in [-0.39, 0.29) is 17.4 Å². The fraction of sp³-hybridized carbons (Fsp3) is 0.588. The highest BCUT2D eigenvalue weighted by Gasteiger charge is 2.40. The van der Waals surface area contributed by atoms with E-state index in [0.29, 0.717) is 0 Å². The highest BCUT2D eigenvalue weighted by Crippen LogP contribution is 2.36. The van der Waals surface area contributed by atoms with Gasteiger partial charge in [-0.15, -0.1) is 0 Å². The number of rotatable bonds is 4. The van der Waals surface area contributed by atoms with Gasteiger partial charge < -0.3 is 10.2 Å². The number of piperidine rings is 1. The van der Waals surface area contributed by atoms with Gasteiger partial charge in [0.1, 0.15) is 5.82 Å². The van der Waals surface area contributed by atoms with Crippen LogP contribution in [0.25, 0.3) is 0 Å². The molecule has 1 fully saturated rings. The van der Waals surface area contributed by atoms with Gasteiger partial charge in [-0.25, -0.2) is 10.2 Å². The van der Waals surface area contributed by atoms with E-state index in [0.717, 1.165) is 38.2 Å². The van der Waals surface area contributed by atoms with Crippen molar-refractivity contribution in [2.75, 3.05) is 18.0 Å². The Morgan fingerprint density at radius 3 is 2.50 bits per heavy atom. The minimum absolute atomic E-state index is 0.199. The van der Waals surface area contributed by atoms with Crippen LogP contribution in [0.3, 0.4) is 0 Å². The highest BCUT2D eigenvalue weighted by molar-refractivity contribution is 5.83. The number of pyridine rings is 1. The van der Waals surface area contributed by atoms with Crippen molar-refractivity contribution in [1.82, 2.24) is 10.3 Å². The highest BCUT2D eigenvalue weighted by atomic mass is 16.2. The third kappa shape index (κ3) is 4.20. The molecule has 2 rings (SSSR count). The first kappa shape index (κ1) is 18.0. The number of nitriles is 1. The zero-order valence-electron chi connectivity index (χ0n) is 13.7. The molecule has 0 aliphatic carbocycles. The van der Waals surface area contributed by atoms with Crippen molar-refractivity contribution in [2.45, 2.75) is 46.1 Å². The molecule has 1 N–H and O–H groups in total. The normalized spacial score (nSPS) is 16.5. The Hall–Kier alpha value is -2.09. The summed E-state index contributed by atoms with van der Waals surface area (Å²) >= 11 is 0. The van der Waals surface area contributed by atoms with Crippen molar-refractivity contribution in [1.29, 1.82) is 5.26 Å². The van der Waals surface area contributed by atoms with Gasteiger partial charge in [0.15, 0.2) is 0 Å². The van der Waals surface area contributed by atoms with Crippen LogP contribution in [0.2, 0.25) is 0 Å². The molecule has 0 spiro atoms. The van der Waals surface area contributed by atoms with Gasteiger partial charge in [-0.3, -0.25) is 4.79 Å². The van der Waals surface area contributed by atoms with Gasteiger partial charge in [-0.1, -0.05) is 13.0 Å². The number of anilines is 1. The summed E-state index contributed by atoms with van der Waals surface area (Å²) < 4.78 is 0. The van der Waals surface area contributed by atoms with Crippen LogP contribution in [0.5, 0.6) is 0 Å². The first-order valence-corrected chi connectivity index (χ1v) is 7.80. The Bertz CT molecular complexity index is 476. The average Bonchev–Trinajstić information content (AvgIpc) is 2.57. The summed E-state index contributed by atoms with van der Waals surface area (Å²) in [6.07, 6.45) is 4.53. The van der Waals surface area contributed by atoms with E-state index in [1.165, 1.54) is 0 Å². The van der Waals surface area contributed by atoms with Gasteiger partial charge in [0.2, 0.25) is 5.91 Å². The molecule has 0 unspecified atom stereocenters. The maximum atomic E-state index is 12.5. The Balaban J connectivity index is 0.00000116. The topological polar surface area (TPSA) is 69.0 Å². The van der Waals surface area contributed by atoms with Crippen LogP contribution < -0.4 is 10.2 Å². The van der Waals surface area contributed by atoms with Crippen LogP contribution >= 0.6 is 0 Å². The van der Waals surface area contributed by atoms with Crippen molar-refractivity contribution in [3.8, 4) is 6.57 Å². The minimum atomic E-state index is -0.199. The maximum absolute atomic E-state index is 12.5. The Morgan fingerprint density at radius 2 is 2.05 bits per heavy atom. The molecule has 0 radical (unpaired) electrons. The zero-order chi connectivity index (χ0) is 16.6. The molecule has 1 aliphatic heterocycles. The van der Waals surface area contributed by atoms with E-state index in [1.54, 1.807) is 0 Å². The number of aromatic nitrogens is 1. The molecule has 1 aromatic heterocycles. The number of carbonyl (C=O) groups is 1. The first-order valence-electron chi connectivity index (χ1n) is 7.80. The predicted octanol–water partition coefficient (Wildman–Crippen LogP) is 2.74. The van der Waals surface area contributed by atoms with Gasteiger partial charge in [-0.05, 0) is 45.2 Å². The molecule has 0 saturated carbocycles. The Labute approximate surface area is 133 Å². The zero-order valence-corrected chi connectivity index (χ0v) is 13.7. The second-order valence-corrected chi connectivity index (χ2v) is 5.94. The summed E-state index contributed by atoms with van der Waals surface area (Å²) in [5.41, 5.74) is -0.199. The lowest BCUT2D eigenvalue weighted by atomic mass is 9.75. The minimum Gasteiger partial charge on any atom is -0.357 e. The largest absolute Gasteiger partial charge is 0.357 e. The van der Waals surface area contributed by atoms with Crippen molar-refractivity contribution in [2.24, 2.45) is 5.41 Å². The molecule has 1 saturated heterocycles. The molecule has 1 aliphatic rings. The molecule has 0 aromatic carbocycles. The fourth-order valence-electron chi connectivity index (χ4n) is 2.86. The molecule has 0 bridgehead atoms. The van der Waals surface area contributed by atoms with Crippen LogP contribution in [-0.4, -0.2) is 30.0 Å². The van der Waals surface area contributed by atoms with Gasteiger partial charge in [0.05, 0.1) is 5.41 Å². The number of carbonyl (C=O) groups excluding carboxylic acids is 1. The van der Waals surface area contributed by atoms with Crippen LogP contribution in [0.1, 0.15) is 40.0 Å². The molecule has 120 valence electrons. The van der Waals surface area contributed by atoms with Gasteiger partial charge in [0, 0.05) is 31.9 Å². The number of nitrogens with zero attached hydrogens (tertiary/aromatic N) is 3.